The molecule has 0 aliphatic rings. The lowest BCUT2D eigenvalue weighted by Gasteiger charge is -1.91. The monoisotopic (exact) mass is 113 g/mol. The van der Waals surface area contributed by atoms with Crippen molar-refractivity contribution >= 4 is 0 Å². The molecule has 1 heteroatoms. The second-order valence-corrected chi connectivity index (χ2v) is 1.98. The molecule has 0 rings (SSSR count). The Hall–Kier alpha value is -0.300. The molecule has 0 saturated carbocycles. The van der Waals surface area contributed by atoms with Crippen molar-refractivity contribution in [2.75, 3.05) is 6.54 Å². The molecule has 48 valence electrons. The summed E-state index contributed by atoms with van der Waals surface area (Å²) in [6.07, 6.45) is 4.37. The summed E-state index contributed by atoms with van der Waals surface area (Å²) in [7, 11) is 0. The summed E-state index contributed by atoms with van der Waals surface area (Å²) in [6, 6.07) is 0. The van der Waals surface area contributed by atoms with Gasteiger partial charge in [0.1, 0.15) is 0 Å². The number of hydrogen-bond acceptors (Lipinski definition) is 1. The van der Waals surface area contributed by atoms with E-state index in [9.17, 15) is 0 Å². The SMILES string of the molecule is CCC(C)=CCCN. The van der Waals surface area contributed by atoms with Crippen LogP contribution in [0, 0.1) is 0 Å². The molecule has 0 spiro atoms. The molecule has 0 radical (unpaired) electrons. The Kier molecular flexibility index (Phi) is 4.67. The Morgan fingerprint density at radius 2 is 2.25 bits per heavy atom. The van der Waals surface area contributed by atoms with Crippen LogP contribution in [0.15, 0.2) is 11.6 Å². The fraction of sp³-hybridized carbons (Fsp3) is 0.714. The standard InChI is InChI=1S/C7H15N/c1-3-7(2)5-4-6-8/h5H,3-4,6,8H2,1-2H3. The summed E-state index contributed by atoms with van der Waals surface area (Å²) in [4.78, 5) is 0. The minimum Gasteiger partial charge on any atom is -0.330 e. The van der Waals surface area contributed by atoms with Crippen LogP contribution < -0.4 is 5.73 Å². The minimum absolute atomic E-state index is 0.775. The lowest BCUT2D eigenvalue weighted by molar-refractivity contribution is 0.974. The Balaban J connectivity index is 3.26. The molecule has 0 aliphatic carbocycles. The maximum Gasteiger partial charge on any atom is -0.00425 e. The predicted molar refractivity (Wildman–Crippen MR) is 37.7 cm³/mol. The molecule has 0 saturated heterocycles. The molecule has 0 amide bonds. The van der Waals surface area contributed by atoms with E-state index in [1.54, 1.807) is 0 Å². The lowest BCUT2D eigenvalue weighted by atomic mass is 10.2. The van der Waals surface area contributed by atoms with Crippen LogP contribution in [0.1, 0.15) is 26.7 Å². The first kappa shape index (κ1) is 7.70. The number of nitrogens with two attached hydrogens (primary N) is 1. The van der Waals surface area contributed by atoms with Crippen LogP contribution in [0.4, 0.5) is 0 Å². The van der Waals surface area contributed by atoms with Gasteiger partial charge in [-0.15, -0.1) is 0 Å². The molecule has 0 fully saturated rings. The van der Waals surface area contributed by atoms with Crippen LogP contribution >= 0.6 is 0 Å². The fourth-order valence-electron chi connectivity index (χ4n) is 0.474. The Bertz CT molecular complexity index is 74.5. The molecule has 0 unspecified atom stereocenters. The van der Waals surface area contributed by atoms with E-state index in [0.717, 1.165) is 19.4 Å². The molecule has 0 atom stereocenters. The highest BCUT2D eigenvalue weighted by molar-refractivity contribution is 4.96. The van der Waals surface area contributed by atoms with Gasteiger partial charge >= 0.3 is 0 Å². The molecular weight excluding hydrogens is 98.1 g/mol. The van der Waals surface area contributed by atoms with Crippen molar-refractivity contribution in [3.05, 3.63) is 11.6 Å². The third-order valence-electron chi connectivity index (χ3n) is 1.22. The fourth-order valence-corrected chi connectivity index (χ4v) is 0.474. The largest absolute Gasteiger partial charge is 0.330 e. The van der Waals surface area contributed by atoms with Gasteiger partial charge in [-0.05, 0) is 26.3 Å². The molecule has 0 aliphatic heterocycles. The first-order valence-electron chi connectivity index (χ1n) is 3.17. The van der Waals surface area contributed by atoms with Gasteiger partial charge in [0, 0.05) is 0 Å². The minimum atomic E-state index is 0.775. The third-order valence-corrected chi connectivity index (χ3v) is 1.22. The molecule has 0 aromatic carbocycles. The number of allylic oxidation sites excluding steroid dienone is 1. The molecule has 0 heterocycles. The van der Waals surface area contributed by atoms with Gasteiger partial charge < -0.3 is 5.73 Å². The zero-order valence-corrected chi connectivity index (χ0v) is 5.78. The normalized spacial score (nSPS) is 12.1. The summed E-state index contributed by atoms with van der Waals surface area (Å²) in [5.74, 6) is 0. The van der Waals surface area contributed by atoms with Crippen LogP contribution in [-0.4, -0.2) is 6.54 Å². The second-order valence-electron chi connectivity index (χ2n) is 1.98. The van der Waals surface area contributed by atoms with Gasteiger partial charge in [0.25, 0.3) is 0 Å². The highest BCUT2D eigenvalue weighted by Crippen LogP contribution is 1.97. The average Bonchev–Trinajstić information content (AvgIpc) is 1.83. The zero-order chi connectivity index (χ0) is 6.41. The predicted octanol–water partition coefficient (Wildman–Crippen LogP) is 1.69. The van der Waals surface area contributed by atoms with E-state index in [0.29, 0.717) is 0 Å². The topological polar surface area (TPSA) is 26.0 Å². The summed E-state index contributed by atoms with van der Waals surface area (Å²) < 4.78 is 0. The van der Waals surface area contributed by atoms with Crippen molar-refractivity contribution < 1.29 is 0 Å². The van der Waals surface area contributed by atoms with Crippen molar-refractivity contribution in [3.63, 3.8) is 0 Å². The van der Waals surface area contributed by atoms with Crippen molar-refractivity contribution in [2.24, 2.45) is 5.73 Å². The van der Waals surface area contributed by atoms with E-state index in [4.69, 9.17) is 5.73 Å². The first-order valence-corrected chi connectivity index (χ1v) is 3.17. The van der Waals surface area contributed by atoms with E-state index in [1.807, 2.05) is 0 Å². The van der Waals surface area contributed by atoms with Gasteiger partial charge in [0.15, 0.2) is 0 Å². The van der Waals surface area contributed by atoms with Gasteiger partial charge in [0.2, 0.25) is 0 Å². The van der Waals surface area contributed by atoms with E-state index in [1.165, 1.54) is 5.57 Å². The quantitative estimate of drug-likeness (QED) is 0.554. The van der Waals surface area contributed by atoms with Crippen LogP contribution in [0.5, 0.6) is 0 Å². The van der Waals surface area contributed by atoms with Gasteiger partial charge in [-0.25, -0.2) is 0 Å². The van der Waals surface area contributed by atoms with E-state index < -0.39 is 0 Å². The maximum absolute atomic E-state index is 5.29. The van der Waals surface area contributed by atoms with Gasteiger partial charge in [0.05, 0.1) is 0 Å². The van der Waals surface area contributed by atoms with Crippen LogP contribution in [0.2, 0.25) is 0 Å². The van der Waals surface area contributed by atoms with E-state index in [-0.39, 0.29) is 0 Å². The smallest absolute Gasteiger partial charge is 0.00425 e. The average molecular weight is 113 g/mol. The van der Waals surface area contributed by atoms with Crippen LogP contribution in [-0.2, 0) is 0 Å². The Morgan fingerprint density at radius 1 is 1.62 bits per heavy atom. The molecule has 8 heavy (non-hydrogen) atoms. The van der Waals surface area contributed by atoms with Gasteiger partial charge in [-0.1, -0.05) is 18.6 Å². The molecule has 0 aromatic rings. The van der Waals surface area contributed by atoms with Crippen LogP contribution in [0.25, 0.3) is 0 Å². The van der Waals surface area contributed by atoms with Crippen molar-refractivity contribution in [1.82, 2.24) is 0 Å². The zero-order valence-electron chi connectivity index (χ0n) is 5.78. The molecular formula is C7H15N. The number of rotatable bonds is 3. The third kappa shape index (κ3) is 3.88. The van der Waals surface area contributed by atoms with E-state index >= 15 is 0 Å². The molecule has 0 bridgehead atoms. The Morgan fingerprint density at radius 3 is 2.62 bits per heavy atom. The molecule has 1 nitrogen and oxygen atoms in total. The summed E-state index contributed by atoms with van der Waals surface area (Å²) in [6.45, 7) is 5.06. The second kappa shape index (κ2) is 4.85. The van der Waals surface area contributed by atoms with Crippen LogP contribution in [0.3, 0.4) is 0 Å². The lowest BCUT2D eigenvalue weighted by Crippen LogP contribution is -1.95. The maximum atomic E-state index is 5.29. The Labute approximate surface area is 51.6 Å². The van der Waals surface area contributed by atoms with Gasteiger partial charge in [-0.2, -0.15) is 0 Å². The van der Waals surface area contributed by atoms with Crippen molar-refractivity contribution in [1.29, 1.82) is 0 Å². The number of hydrogen-bond donors (Lipinski definition) is 1. The summed E-state index contributed by atoms with van der Waals surface area (Å²) in [5, 5.41) is 0. The summed E-state index contributed by atoms with van der Waals surface area (Å²) in [5.41, 5.74) is 6.73. The van der Waals surface area contributed by atoms with Gasteiger partial charge in [-0.3, -0.25) is 0 Å². The molecule has 0 aromatic heterocycles. The van der Waals surface area contributed by atoms with Crippen molar-refractivity contribution in [3.8, 4) is 0 Å². The first-order chi connectivity index (χ1) is 3.81. The highest BCUT2D eigenvalue weighted by atomic mass is 14.5. The summed E-state index contributed by atoms with van der Waals surface area (Å²) >= 11 is 0. The highest BCUT2D eigenvalue weighted by Gasteiger charge is 1.79. The van der Waals surface area contributed by atoms with E-state index in [2.05, 4.69) is 19.9 Å². The van der Waals surface area contributed by atoms with Crippen molar-refractivity contribution in [2.45, 2.75) is 26.7 Å². The molecule has 2 N–H and O–H groups in total.